The first-order valence-corrected chi connectivity index (χ1v) is 9.38. The number of nitrogens with zero attached hydrogens (tertiary/aromatic N) is 2. The topological polar surface area (TPSA) is 17.8 Å². The summed E-state index contributed by atoms with van der Waals surface area (Å²) >= 11 is 12.8. The summed E-state index contributed by atoms with van der Waals surface area (Å²) in [5, 5.41) is 3.65. The Hall–Kier alpha value is -2.81. The van der Waals surface area contributed by atoms with Crippen molar-refractivity contribution in [1.82, 2.24) is 9.55 Å². The summed E-state index contributed by atoms with van der Waals surface area (Å²) in [6, 6.07) is 26.2. The molecule has 4 heteroatoms. The number of benzene rings is 3. The maximum absolute atomic E-state index is 6.53. The molecule has 5 aromatic rings. The van der Waals surface area contributed by atoms with Crippen LogP contribution in [0.25, 0.3) is 38.8 Å². The number of hydrogen-bond acceptors (Lipinski definition) is 1. The highest BCUT2D eigenvalue weighted by Crippen LogP contribution is 2.36. The van der Waals surface area contributed by atoms with Gasteiger partial charge < -0.3 is 4.57 Å². The third-order valence-corrected chi connectivity index (χ3v) is 5.34. The van der Waals surface area contributed by atoms with Gasteiger partial charge in [-0.15, -0.1) is 0 Å². The van der Waals surface area contributed by atoms with Crippen molar-refractivity contribution < 1.29 is 0 Å². The fourth-order valence-corrected chi connectivity index (χ4v) is 3.95. The predicted octanol–water partition coefficient (Wildman–Crippen LogP) is 7.15. The number of halogens is 2. The summed E-state index contributed by atoms with van der Waals surface area (Å²) in [5.74, 6) is 0. The zero-order valence-corrected chi connectivity index (χ0v) is 15.7. The van der Waals surface area contributed by atoms with Crippen molar-refractivity contribution in [1.29, 1.82) is 0 Å². The second-order valence-electron chi connectivity index (χ2n) is 6.40. The molecule has 27 heavy (non-hydrogen) atoms. The molecule has 3 aromatic carbocycles. The molecule has 0 amide bonds. The van der Waals surface area contributed by atoms with Crippen LogP contribution in [-0.4, -0.2) is 9.55 Å². The van der Waals surface area contributed by atoms with Crippen molar-refractivity contribution in [3.8, 4) is 16.9 Å². The second-order valence-corrected chi connectivity index (χ2v) is 7.24. The maximum Gasteiger partial charge on any atom is 0.0702 e. The average molecular weight is 389 g/mol. The van der Waals surface area contributed by atoms with Gasteiger partial charge in [0.15, 0.2) is 0 Å². The minimum atomic E-state index is 0.658. The molecule has 0 radical (unpaired) electrons. The van der Waals surface area contributed by atoms with Crippen molar-refractivity contribution in [3.63, 3.8) is 0 Å². The third-order valence-electron chi connectivity index (χ3n) is 4.78. The van der Waals surface area contributed by atoms with Crippen LogP contribution in [0.2, 0.25) is 10.0 Å². The molecule has 0 bridgehead atoms. The molecule has 0 atom stereocenters. The Balaban J connectivity index is 1.87. The highest BCUT2D eigenvalue weighted by Gasteiger charge is 2.15. The molecule has 0 saturated carbocycles. The van der Waals surface area contributed by atoms with E-state index in [0.29, 0.717) is 10.0 Å². The van der Waals surface area contributed by atoms with Gasteiger partial charge in [-0.05, 0) is 48.5 Å². The molecule has 2 aromatic heterocycles. The van der Waals surface area contributed by atoms with Crippen LogP contribution >= 0.6 is 23.2 Å². The van der Waals surface area contributed by atoms with E-state index in [1.807, 2.05) is 42.6 Å². The lowest BCUT2D eigenvalue weighted by molar-refractivity contribution is 1.18. The van der Waals surface area contributed by atoms with Gasteiger partial charge in [0.25, 0.3) is 0 Å². The molecule has 0 unspecified atom stereocenters. The first-order valence-electron chi connectivity index (χ1n) is 8.62. The van der Waals surface area contributed by atoms with Crippen molar-refractivity contribution in [3.05, 3.63) is 95.1 Å². The minimum absolute atomic E-state index is 0.658. The van der Waals surface area contributed by atoms with E-state index in [0.717, 1.165) is 33.4 Å². The summed E-state index contributed by atoms with van der Waals surface area (Å²) in [4.78, 5) is 4.48. The van der Waals surface area contributed by atoms with Gasteiger partial charge in [-0.1, -0.05) is 53.5 Å². The minimum Gasteiger partial charge on any atom is -0.308 e. The number of para-hydroxylation sites is 1. The fourth-order valence-electron chi connectivity index (χ4n) is 3.58. The molecule has 0 N–H and O–H groups in total. The smallest absolute Gasteiger partial charge is 0.0702 e. The lowest BCUT2D eigenvalue weighted by Gasteiger charge is -2.10. The van der Waals surface area contributed by atoms with E-state index in [1.54, 1.807) is 6.07 Å². The van der Waals surface area contributed by atoms with Crippen LogP contribution in [0.1, 0.15) is 0 Å². The molecular formula is C23H14Cl2N2. The zero-order chi connectivity index (χ0) is 18.4. The van der Waals surface area contributed by atoms with Crippen molar-refractivity contribution in [2.45, 2.75) is 0 Å². The van der Waals surface area contributed by atoms with Gasteiger partial charge in [0.05, 0.1) is 27.4 Å². The molecule has 2 nitrogen and oxygen atoms in total. The second kappa shape index (κ2) is 6.41. The van der Waals surface area contributed by atoms with Crippen LogP contribution in [0.5, 0.6) is 0 Å². The Morgan fingerprint density at radius 2 is 1.52 bits per heavy atom. The van der Waals surface area contributed by atoms with Crippen molar-refractivity contribution in [2.24, 2.45) is 0 Å². The highest BCUT2D eigenvalue weighted by atomic mass is 35.5. The molecule has 0 aliphatic carbocycles. The highest BCUT2D eigenvalue weighted by molar-refractivity contribution is 6.34. The molecule has 130 valence electrons. The number of fused-ring (bicyclic) bond motifs is 3. The van der Waals surface area contributed by atoms with Gasteiger partial charge in [-0.2, -0.15) is 0 Å². The summed E-state index contributed by atoms with van der Waals surface area (Å²) in [5.41, 5.74) is 5.09. The van der Waals surface area contributed by atoms with Gasteiger partial charge in [-0.25, -0.2) is 0 Å². The summed E-state index contributed by atoms with van der Waals surface area (Å²) in [7, 11) is 0. The molecule has 0 fully saturated rings. The average Bonchev–Trinajstić information content (AvgIpc) is 3.04. The van der Waals surface area contributed by atoms with Crippen LogP contribution in [0.4, 0.5) is 0 Å². The van der Waals surface area contributed by atoms with Crippen LogP contribution in [-0.2, 0) is 0 Å². The molecule has 5 rings (SSSR count). The quantitative estimate of drug-likeness (QED) is 0.313. The van der Waals surface area contributed by atoms with Gasteiger partial charge >= 0.3 is 0 Å². The summed E-state index contributed by atoms with van der Waals surface area (Å²) < 4.78 is 2.17. The third kappa shape index (κ3) is 2.69. The Bertz CT molecular complexity index is 1290. The number of pyridine rings is 1. The summed E-state index contributed by atoms with van der Waals surface area (Å²) in [6.45, 7) is 0. The monoisotopic (exact) mass is 388 g/mol. The van der Waals surface area contributed by atoms with E-state index in [1.165, 1.54) is 5.39 Å². The lowest BCUT2D eigenvalue weighted by Crippen LogP contribution is -1.95. The predicted molar refractivity (Wildman–Crippen MR) is 114 cm³/mol. The van der Waals surface area contributed by atoms with Gasteiger partial charge in [-0.3, -0.25) is 4.98 Å². The van der Waals surface area contributed by atoms with E-state index in [4.69, 9.17) is 23.2 Å². The Kier molecular flexibility index (Phi) is 3.89. The van der Waals surface area contributed by atoms with Crippen LogP contribution < -0.4 is 0 Å². The number of aromatic nitrogens is 2. The number of hydrogen-bond donors (Lipinski definition) is 0. The van der Waals surface area contributed by atoms with E-state index in [-0.39, 0.29) is 0 Å². The van der Waals surface area contributed by atoms with Gasteiger partial charge in [0.1, 0.15) is 0 Å². The van der Waals surface area contributed by atoms with E-state index in [2.05, 4.69) is 45.9 Å². The number of rotatable bonds is 2. The van der Waals surface area contributed by atoms with E-state index in [9.17, 15) is 0 Å². The van der Waals surface area contributed by atoms with Crippen LogP contribution in [0.3, 0.4) is 0 Å². The molecule has 2 heterocycles. The summed E-state index contributed by atoms with van der Waals surface area (Å²) in [6.07, 6.45) is 1.81. The Labute approximate surface area is 166 Å². The van der Waals surface area contributed by atoms with Crippen LogP contribution in [0.15, 0.2) is 85.1 Å². The Morgan fingerprint density at radius 1 is 0.704 bits per heavy atom. The standard InChI is InChI=1S/C23H14Cl2N2/c24-16-9-10-19(25)23(14-16)27-21-7-2-1-5-17(21)18-13-15(8-11-22(18)27)20-6-3-4-12-26-20/h1-14H. The molecule has 0 aliphatic heterocycles. The van der Waals surface area contributed by atoms with Crippen molar-refractivity contribution in [2.75, 3.05) is 0 Å². The normalized spacial score (nSPS) is 11.3. The molecular weight excluding hydrogens is 375 g/mol. The van der Waals surface area contributed by atoms with E-state index < -0.39 is 0 Å². The van der Waals surface area contributed by atoms with Crippen LogP contribution in [0, 0.1) is 0 Å². The SMILES string of the molecule is Clc1ccc(Cl)c(-n2c3ccccc3c3cc(-c4ccccn4)ccc32)c1. The Morgan fingerprint density at radius 3 is 2.37 bits per heavy atom. The zero-order valence-electron chi connectivity index (χ0n) is 14.2. The first kappa shape index (κ1) is 16.4. The first-order chi connectivity index (χ1) is 13.2. The van der Waals surface area contributed by atoms with Gasteiger partial charge in [0, 0.05) is 27.6 Å². The lowest BCUT2D eigenvalue weighted by atomic mass is 10.1. The maximum atomic E-state index is 6.53. The largest absolute Gasteiger partial charge is 0.308 e. The van der Waals surface area contributed by atoms with Crippen molar-refractivity contribution >= 4 is 45.0 Å². The molecule has 0 aliphatic rings. The van der Waals surface area contributed by atoms with Gasteiger partial charge in [0.2, 0.25) is 0 Å². The van der Waals surface area contributed by atoms with E-state index >= 15 is 0 Å². The fraction of sp³-hybridized carbons (Fsp3) is 0. The molecule has 0 spiro atoms. The molecule has 0 saturated heterocycles.